The maximum atomic E-state index is 13.4. The molecule has 1 saturated carbocycles. The van der Waals surface area contributed by atoms with Gasteiger partial charge < -0.3 is 19.5 Å². The third-order valence-corrected chi connectivity index (χ3v) is 6.08. The van der Waals surface area contributed by atoms with Gasteiger partial charge >= 0.3 is 12.5 Å². The van der Waals surface area contributed by atoms with Crippen molar-refractivity contribution in [2.24, 2.45) is 5.92 Å². The lowest BCUT2D eigenvalue weighted by Crippen LogP contribution is -2.34. The van der Waals surface area contributed by atoms with Gasteiger partial charge in [0.1, 0.15) is 17.2 Å². The predicted octanol–water partition coefficient (Wildman–Crippen LogP) is 7.06. The van der Waals surface area contributed by atoms with Gasteiger partial charge in [0, 0.05) is 24.8 Å². The van der Waals surface area contributed by atoms with Crippen molar-refractivity contribution in [3.05, 3.63) is 83.9 Å². The van der Waals surface area contributed by atoms with Gasteiger partial charge in [-0.05, 0) is 72.7 Å². The van der Waals surface area contributed by atoms with E-state index in [1.807, 2.05) is 53.4 Å². The third kappa shape index (κ3) is 6.91. The lowest BCUT2D eigenvalue weighted by molar-refractivity contribution is -0.253. The molecule has 1 unspecified atom stereocenters. The van der Waals surface area contributed by atoms with Crippen LogP contribution in [0.15, 0.2) is 72.8 Å². The van der Waals surface area contributed by atoms with Gasteiger partial charge in [0.15, 0.2) is 0 Å². The Morgan fingerprint density at radius 3 is 2.19 bits per heavy atom. The highest BCUT2D eigenvalue weighted by atomic mass is 19.3. The maximum Gasteiger partial charge on any atom is 0.461 e. The number of aryl methyl sites for hydroxylation is 1. The van der Waals surface area contributed by atoms with Crippen LogP contribution in [0.2, 0.25) is 0 Å². The molecule has 1 N–H and O–H groups in total. The van der Waals surface area contributed by atoms with Gasteiger partial charge in [-0.25, -0.2) is 0 Å². The van der Waals surface area contributed by atoms with Gasteiger partial charge in [0.25, 0.3) is 0 Å². The van der Waals surface area contributed by atoms with E-state index < -0.39 is 18.6 Å². The van der Waals surface area contributed by atoms with Crippen molar-refractivity contribution in [1.29, 1.82) is 0 Å². The number of rotatable bonds is 12. The number of ether oxygens (including phenoxy) is 2. The van der Waals surface area contributed by atoms with Crippen LogP contribution in [0.4, 0.5) is 23.2 Å². The minimum Gasteiger partial charge on any atom is -0.457 e. The fourth-order valence-corrected chi connectivity index (χ4v) is 3.96. The minimum atomic E-state index is -4.58. The Bertz CT molecular complexity index is 1150. The highest BCUT2D eigenvalue weighted by molar-refractivity contribution is 5.52. The van der Waals surface area contributed by atoms with E-state index in [1.165, 1.54) is 18.2 Å². The SMILES string of the molecule is CCc1cccc(Oc2cccc(N(Cc3cccc(OC(F)(F)C(F)F)c3)CC(O)C3CC3)c2)c1. The second kappa shape index (κ2) is 11.2. The molecule has 3 aromatic carbocycles. The Hall–Kier alpha value is -3.26. The van der Waals surface area contributed by atoms with E-state index in [4.69, 9.17) is 4.74 Å². The standard InChI is InChI=1S/C28H29F4NO3/c1-2-19-6-3-9-23(14-19)35-24-10-5-8-22(16-24)33(18-26(34)21-12-13-21)17-20-7-4-11-25(15-20)36-28(31,32)27(29)30/h3-11,14-16,21,26-27,34H,2,12-13,17-18H2,1H3. The molecule has 0 radical (unpaired) electrons. The van der Waals surface area contributed by atoms with Gasteiger partial charge in [-0.15, -0.1) is 0 Å². The topological polar surface area (TPSA) is 41.9 Å². The van der Waals surface area contributed by atoms with E-state index in [1.54, 1.807) is 6.07 Å². The zero-order chi connectivity index (χ0) is 25.7. The lowest BCUT2D eigenvalue weighted by Gasteiger charge is -2.28. The summed E-state index contributed by atoms with van der Waals surface area (Å²) in [5, 5.41) is 10.6. The van der Waals surface area contributed by atoms with Gasteiger partial charge in [-0.1, -0.05) is 37.3 Å². The van der Waals surface area contributed by atoms with Crippen molar-refractivity contribution >= 4 is 5.69 Å². The molecule has 1 fully saturated rings. The van der Waals surface area contributed by atoms with Crippen LogP contribution in [0.25, 0.3) is 0 Å². The minimum absolute atomic E-state index is 0.225. The predicted molar refractivity (Wildman–Crippen MR) is 130 cm³/mol. The van der Waals surface area contributed by atoms with Crippen LogP contribution < -0.4 is 14.4 Å². The molecular formula is C28H29F4NO3. The van der Waals surface area contributed by atoms with Crippen molar-refractivity contribution in [2.75, 3.05) is 11.4 Å². The summed E-state index contributed by atoms with van der Waals surface area (Å²) in [6, 6.07) is 20.9. The monoisotopic (exact) mass is 503 g/mol. The Balaban J connectivity index is 1.55. The van der Waals surface area contributed by atoms with Crippen molar-refractivity contribution < 1.29 is 32.1 Å². The van der Waals surface area contributed by atoms with Crippen molar-refractivity contribution in [3.8, 4) is 17.2 Å². The van der Waals surface area contributed by atoms with E-state index in [-0.39, 0.29) is 18.2 Å². The quantitative estimate of drug-likeness (QED) is 0.269. The molecule has 1 atom stereocenters. The van der Waals surface area contributed by atoms with Gasteiger partial charge in [-0.2, -0.15) is 17.6 Å². The molecular weight excluding hydrogens is 474 g/mol. The number of alkyl halides is 4. The van der Waals surface area contributed by atoms with Crippen molar-refractivity contribution in [1.82, 2.24) is 0 Å². The number of anilines is 1. The average Bonchev–Trinajstić information content (AvgIpc) is 3.69. The first-order chi connectivity index (χ1) is 17.2. The summed E-state index contributed by atoms with van der Waals surface area (Å²) in [5.74, 6) is 1.19. The van der Waals surface area contributed by atoms with E-state index in [0.717, 1.165) is 30.5 Å². The summed E-state index contributed by atoms with van der Waals surface area (Å²) in [6.07, 6.45) is -6.28. The van der Waals surface area contributed by atoms with Crippen molar-refractivity contribution in [2.45, 2.75) is 51.4 Å². The lowest BCUT2D eigenvalue weighted by atomic mass is 10.1. The fraction of sp³-hybridized carbons (Fsp3) is 0.357. The molecule has 4 nitrogen and oxygen atoms in total. The van der Waals surface area contributed by atoms with Gasteiger partial charge in [0.05, 0.1) is 6.10 Å². The van der Waals surface area contributed by atoms with E-state index in [9.17, 15) is 22.7 Å². The van der Waals surface area contributed by atoms with Gasteiger partial charge in [0.2, 0.25) is 0 Å². The number of aliphatic hydroxyl groups is 1. The number of benzene rings is 3. The van der Waals surface area contributed by atoms with Crippen LogP contribution in [0.3, 0.4) is 0 Å². The summed E-state index contributed by atoms with van der Waals surface area (Å²) in [5.41, 5.74) is 2.49. The van der Waals surface area contributed by atoms with E-state index in [2.05, 4.69) is 11.7 Å². The smallest absolute Gasteiger partial charge is 0.457 e. The van der Waals surface area contributed by atoms with Crippen LogP contribution in [-0.2, 0) is 13.0 Å². The number of aliphatic hydroxyl groups excluding tert-OH is 1. The molecule has 4 rings (SSSR count). The molecule has 0 saturated heterocycles. The van der Waals surface area contributed by atoms with Crippen LogP contribution in [0.1, 0.15) is 30.9 Å². The summed E-state index contributed by atoms with van der Waals surface area (Å²) in [6.45, 7) is 2.63. The summed E-state index contributed by atoms with van der Waals surface area (Å²) in [7, 11) is 0. The molecule has 0 spiro atoms. The normalized spacial score (nSPS) is 14.5. The maximum absolute atomic E-state index is 13.4. The summed E-state index contributed by atoms with van der Waals surface area (Å²) < 4.78 is 62.3. The molecule has 1 aliphatic carbocycles. The Morgan fingerprint density at radius 2 is 1.53 bits per heavy atom. The first-order valence-corrected chi connectivity index (χ1v) is 12.0. The highest BCUT2D eigenvalue weighted by Gasteiger charge is 2.44. The zero-order valence-electron chi connectivity index (χ0n) is 19.9. The number of nitrogens with zero attached hydrogens (tertiary/aromatic N) is 1. The Morgan fingerprint density at radius 1 is 0.917 bits per heavy atom. The summed E-state index contributed by atoms with van der Waals surface area (Å²) in [4.78, 5) is 1.92. The Kier molecular flexibility index (Phi) is 8.04. The molecule has 3 aromatic rings. The van der Waals surface area contributed by atoms with Gasteiger partial charge in [-0.3, -0.25) is 0 Å². The molecule has 0 aromatic heterocycles. The molecule has 1 aliphatic rings. The zero-order valence-corrected chi connectivity index (χ0v) is 19.9. The second-order valence-electron chi connectivity index (χ2n) is 9.00. The molecule has 192 valence electrons. The molecule has 36 heavy (non-hydrogen) atoms. The van der Waals surface area contributed by atoms with Crippen LogP contribution in [0.5, 0.6) is 17.2 Å². The molecule has 8 heteroatoms. The summed E-state index contributed by atoms with van der Waals surface area (Å²) >= 11 is 0. The average molecular weight is 504 g/mol. The van der Waals surface area contributed by atoms with Crippen LogP contribution >= 0.6 is 0 Å². The molecule has 0 bridgehead atoms. The van der Waals surface area contributed by atoms with E-state index >= 15 is 0 Å². The van der Waals surface area contributed by atoms with Crippen LogP contribution in [-0.4, -0.2) is 30.3 Å². The molecule has 0 aliphatic heterocycles. The first kappa shape index (κ1) is 25.8. The number of hydrogen-bond acceptors (Lipinski definition) is 4. The third-order valence-electron chi connectivity index (χ3n) is 6.08. The Labute approximate surface area is 208 Å². The number of hydrogen-bond donors (Lipinski definition) is 1. The highest BCUT2D eigenvalue weighted by Crippen LogP contribution is 2.35. The van der Waals surface area contributed by atoms with Crippen LogP contribution in [0, 0.1) is 5.92 Å². The fourth-order valence-electron chi connectivity index (χ4n) is 3.96. The second-order valence-corrected chi connectivity index (χ2v) is 9.00. The largest absolute Gasteiger partial charge is 0.461 e. The van der Waals surface area contributed by atoms with E-state index in [0.29, 0.717) is 23.6 Å². The first-order valence-electron chi connectivity index (χ1n) is 12.0. The molecule has 0 amide bonds. The number of halogens is 4. The van der Waals surface area contributed by atoms with Crippen molar-refractivity contribution in [3.63, 3.8) is 0 Å². The molecule has 0 heterocycles.